The normalized spacial score (nSPS) is 12.4. The van der Waals surface area contributed by atoms with Gasteiger partial charge in [0.2, 0.25) is 5.95 Å². The van der Waals surface area contributed by atoms with E-state index in [-0.39, 0.29) is 0 Å². The first-order valence-electron chi connectivity index (χ1n) is 18.1. The van der Waals surface area contributed by atoms with Gasteiger partial charge in [-0.05, 0) is 47.2 Å². The number of para-hydroxylation sites is 2. The van der Waals surface area contributed by atoms with Gasteiger partial charge in [0.05, 0.1) is 11.0 Å². The molecule has 0 bridgehead atoms. The van der Waals surface area contributed by atoms with Crippen LogP contribution in [0.2, 0.25) is 0 Å². The summed E-state index contributed by atoms with van der Waals surface area (Å²) in [6, 6.07) is 54.4. The van der Waals surface area contributed by atoms with Crippen LogP contribution in [0.25, 0.3) is 123 Å². The van der Waals surface area contributed by atoms with E-state index in [4.69, 9.17) is 14.4 Å². The molecule has 0 aliphatic rings. The summed E-state index contributed by atoms with van der Waals surface area (Å²) in [5.41, 5.74) is 6.31. The molecule has 0 spiro atoms. The predicted octanol–water partition coefficient (Wildman–Crippen LogP) is 14.2. The van der Waals surface area contributed by atoms with Gasteiger partial charge in [-0.3, -0.25) is 4.57 Å². The molecule has 6 heteroatoms. The van der Waals surface area contributed by atoms with Crippen LogP contribution in [0.4, 0.5) is 0 Å². The molecule has 0 atom stereocenters. The van der Waals surface area contributed by atoms with Crippen LogP contribution in [0.3, 0.4) is 0 Å². The third-order valence-electron chi connectivity index (χ3n) is 11.2. The molecule has 0 aliphatic carbocycles. The molecule has 0 radical (unpaired) electrons. The monoisotopic (exact) mass is 723 g/mol. The molecule has 0 N–H and O–H groups in total. The number of thiophene rings is 2. The van der Waals surface area contributed by atoms with Crippen LogP contribution in [0.15, 0.2) is 156 Å². The quantitative estimate of drug-likeness (QED) is 0.167. The Kier molecular flexibility index (Phi) is 5.63. The highest BCUT2D eigenvalue weighted by Crippen LogP contribution is 2.48. The van der Waals surface area contributed by atoms with Gasteiger partial charge in [-0.15, -0.1) is 22.7 Å². The van der Waals surface area contributed by atoms with Crippen molar-refractivity contribution in [3.8, 4) is 17.2 Å². The van der Waals surface area contributed by atoms with Crippen molar-refractivity contribution in [3.05, 3.63) is 152 Å². The average Bonchev–Trinajstić information content (AvgIpc) is 3.99. The van der Waals surface area contributed by atoms with Gasteiger partial charge >= 0.3 is 0 Å². The second-order valence-corrected chi connectivity index (χ2v) is 16.1. The van der Waals surface area contributed by atoms with Crippen LogP contribution in [-0.4, -0.2) is 14.5 Å². The molecule has 5 aromatic heterocycles. The Bertz CT molecular complexity index is 3750. The molecule has 54 heavy (non-hydrogen) atoms. The van der Waals surface area contributed by atoms with Crippen LogP contribution >= 0.6 is 22.7 Å². The summed E-state index contributed by atoms with van der Waals surface area (Å²) in [7, 11) is 0. The van der Waals surface area contributed by atoms with E-state index in [9.17, 15) is 0 Å². The van der Waals surface area contributed by atoms with E-state index < -0.39 is 0 Å². The molecule has 0 saturated carbocycles. The first-order chi connectivity index (χ1) is 26.8. The Hall–Kier alpha value is -6.60. The maximum atomic E-state index is 6.65. The SMILES string of the molecule is c1ccc2c(c1)oc1c(-c3cccc4c3sc3ccccc34)nc(-n3c4ccccc4c4c5c6ccccc6c6c7ccccc7sc6c5ccc43)nc12. The minimum atomic E-state index is 0.625. The molecule has 0 unspecified atom stereocenters. The van der Waals surface area contributed by atoms with Gasteiger partial charge in [0.15, 0.2) is 5.58 Å². The fourth-order valence-electron chi connectivity index (χ4n) is 8.96. The molecular weight excluding hydrogens is 699 g/mol. The number of rotatable bonds is 2. The number of hydrogen-bond acceptors (Lipinski definition) is 5. The van der Waals surface area contributed by atoms with Gasteiger partial charge in [-0.1, -0.05) is 115 Å². The van der Waals surface area contributed by atoms with Crippen molar-refractivity contribution >= 4 is 128 Å². The standard InChI is InChI=1S/C48H25N3OS2/c1-2-14-28-27(13-1)40-33(47-41(28)32-17-6-10-23-39(32)54-47)24-25-36-42(40)30-15-3-7-20-35(30)51(36)48-49-43-31-16-4-8-21-37(31)52-45(43)44(50-48)34-19-11-18-29-26-12-5-9-22-38(26)53-46(29)34/h1-25H. The number of benzene rings is 8. The highest BCUT2D eigenvalue weighted by Gasteiger charge is 2.25. The van der Waals surface area contributed by atoms with E-state index in [1.54, 1.807) is 11.3 Å². The third-order valence-corrected chi connectivity index (χ3v) is 13.6. The Morgan fingerprint density at radius 3 is 1.93 bits per heavy atom. The van der Waals surface area contributed by atoms with Crippen LogP contribution in [-0.2, 0) is 0 Å². The minimum Gasteiger partial charge on any atom is -0.452 e. The molecule has 8 aromatic carbocycles. The van der Waals surface area contributed by atoms with Crippen LogP contribution in [0.1, 0.15) is 0 Å². The highest BCUT2D eigenvalue weighted by molar-refractivity contribution is 7.27. The average molecular weight is 724 g/mol. The number of hydrogen-bond donors (Lipinski definition) is 0. The largest absolute Gasteiger partial charge is 0.452 e. The molecule has 250 valence electrons. The second-order valence-electron chi connectivity index (χ2n) is 14.0. The Morgan fingerprint density at radius 1 is 0.426 bits per heavy atom. The zero-order valence-corrected chi connectivity index (χ0v) is 30.1. The van der Waals surface area contributed by atoms with Crippen LogP contribution in [0, 0.1) is 0 Å². The zero-order valence-electron chi connectivity index (χ0n) is 28.5. The third kappa shape index (κ3) is 3.71. The Labute approximate surface area is 314 Å². The molecule has 0 aliphatic heterocycles. The second kappa shape index (κ2) is 10.5. The van der Waals surface area contributed by atoms with Crippen LogP contribution in [0.5, 0.6) is 0 Å². The van der Waals surface area contributed by atoms with Crippen LogP contribution < -0.4 is 0 Å². The van der Waals surface area contributed by atoms with Gasteiger partial charge in [-0.2, -0.15) is 0 Å². The Morgan fingerprint density at radius 2 is 1.07 bits per heavy atom. The van der Waals surface area contributed by atoms with E-state index >= 15 is 0 Å². The van der Waals surface area contributed by atoms with Crippen molar-refractivity contribution in [3.63, 3.8) is 0 Å². The van der Waals surface area contributed by atoms with Gasteiger partial charge in [0, 0.05) is 72.8 Å². The summed E-state index contributed by atoms with van der Waals surface area (Å²) in [4.78, 5) is 10.9. The first kappa shape index (κ1) is 28.9. The number of furan rings is 1. The first-order valence-corrected chi connectivity index (χ1v) is 19.7. The minimum absolute atomic E-state index is 0.625. The van der Waals surface area contributed by atoms with E-state index in [1.807, 2.05) is 23.5 Å². The lowest BCUT2D eigenvalue weighted by molar-refractivity contribution is 0.666. The fourth-order valence-corrected chi connectivity index (χ4v) is 11.4. The molecule has 0 fully saturated rings. The lowest BCUT2D eigenvalue weighted by Gasteiger charge is -2.11. The lowest BCUT2D eigenvalue weighted by Crippen LogP contribution is -2.03. The van der Waals surface area contributed by atoms with Crippen molar-refractivity contribution in [1.82, 2.24) is 14.5 Å². The van der Waals surface area contributed by atoms with Gasteiger partial charge in [0.1, 0.15) is 16.8 Å². The predicted molar refractivity (Wildman–Crippen MR) is 230 cm³/mol. The number of aromatic nitrogens is 3. The fraction of sp³-hybridized carbons (Fsp3) is 0. The summed E-state index contributed by atoms with van der Waals surface area (Å²) < 4.78 is 14.0. The van der Waals surface area contributed by atoms with Gasteiger partial charge in [-0.25, -0.2) is 9.97 Å². The molecule has 13 aromatic rings. The van der Waals surface area contributed by atoms with Gasteiger partial charge in [0.25, 0.3) is 0 Å². The Balaban J connectivity index is 1.20. The molecule has 0 saturated heterocycles. The smallest absolute Gasteiger partial charge is 0.236 e. The number of nitrogens with zero attached hydrogens (tertiary/aromatic N) is 3. The zero-order chi connectivity index (χ0) is 35.1. The van der Waals surface area contributed by atoms with Crippen molar-refractivity contribution in [2.75, 3.05) is 0 Å². The van der Waals surface area contributed by atoms with E-state index in [1.165, 1.54) is 72.7 Å². The lowest BCUT2D eigenvalue weighted by atomic mass is 9.94. The van der Waals surface area contributed by atoms with E-state index in [0.29, 0.717) is 11.5 Å². The van der Waals surface area contributed by atoms with E-state index in [2.05, 4.69) is 144 Å². The summed E-state index contributed by atoms with van der Waals surface area (Å²) in [5, 5.41) is 13.6. The molecule has 5 heterocycles. The molecule has 4 nitrogen and oxygen atoms in total. The maximum absolute atomic E-state index is 6.65. The summed E-state index contributed by atoms with van der Waals surface area (Å²) >= 11 is 3.69. The van der Waals surface area contributed by atoms with Crippen molar-refractivity contribution < 1.29 is 4.42 Å². The van der Waals surface area contributed by atoms with Crippen molar-refractivity contribution in [1.29, 1.82) is 0 Å². The summed E-state index contributed by atoms with van der Waals surface area (Å²) in [5.74, 6) is 0.625. The molecular formula is C48H25N3OS2. The van der Waals surface area contributed by atoms with E-state index in [0.717, 1.165) is 38.8 Å². The van der Waals surface area contributed by atoms with Crippen molar-refractivity contribution in [2.24, 2.45) is 0 Å². The summed E-state index contributed by atoms with van der Waals surface area (Å²) in [6.45, 7) is 0. The van der Waals surface area contributed by atoms with Crippen molar-refractivity contribution in [2.45, 2.75) is 0 Å². The summed E-state index contributed by atoms with van der Waals surface area (Å²) in [6.07, 6.45) is 0. The maximum Gasteiger partial charge on any atom is 0.236 e. The van der Waals surface area contributed by atoms with Gasteiger partial charge < -0.3 is 4.42 Å². The number of fused-ring (bicyclic) bond motifs is 18. The topological polar surface area (TPSA) is 43.9 Å². The molecule has 13 rings (SSSR count). The molecule has 0 amide bonds. The highest BCUT2D eigenvalue weighted by atomic mass is 32.1.